The number of nitrogens with zero attached hydrogens (tertiary/aromatic N) is 4. The van der Waals surface area contributed by atoms with E-state index in [-0.39, 0.29) is 17.7 Å². The van der Waals surface area contributed by atoms with Gasteiger partial charge in [0.15, 0.2) is 5.41 Å². The van der Waals surface area contributed by atoms with E-state index in [9.17, 15) is 33.2 Å². The Morgan fingerprint density at radius 3 is 2.40 bits per heavy atom. The Labute approximate surface area is 227 Å². The first kappa shape index (κ1) is 25.4. The Morgan fingerprint density at radius 2 is 1.70 bits per heavy atom. The van der Waals surface area contributed by atoms with Crippen LogP contribution in [0.25, 0.3) is 6.08 Å². The van der Waals surface area contributed by atoms with Gasteiger partial charge in [0.2, 0.25) is 11.8 Å². The largest absolute Gasteiger partial charge is 0.367 e. The van der Waals surface area contributed by atoms with Gasteiger partial charge in [-0.1, -0.05) is 12.1 Å². The molecule has 4 aliphatic heterocycles. The van der Waals surface area contributed by atoms with Crippen LogP contribution in [0.2, 0.25) is 0 Å². The maximum atomic E-state index is 13.8. The molecule has 0 bridgehead atoms. The Bertz CT molecular complexity index is 1560. The fourth-order valence-electron chi connectivity index (χ4n) is 6.30. The van der Waals surface area contributed by atoms with Gasteiger partial charge in [0.05, 0.1) is 11.7 Å². The molecule has 1 N–H and O–H groups in total. The van der Waals surface area contributed by atoms with Crippen molar-refractivity contribution in [2.24, 2.45) is 5.41 Å². The van der Waals surface area contributed by atoms with Crippen LogP contribution in [0.3, 0.4) is 0 Å². The van der Waals surface area contributed by atoms with Crippen molar-refractivity contribution in [3.8, 4) is 0 Å². The summed E-state index contributed by atoms with van der Waals surface area (Å²) in [6, 6.07) is 7.98. The van der Waals surface area contributed by atoms with Crippen LogP contribution in [0.15, 0.2) is 48.0 Å². The number of hydrogen-bond donors (Lipinski definition) is 1. The summed E-state index contributed by atoms with van der Waals surface area (Å²) >= 11 is 0. The number of anilines is 2. The second kappa shape index (κ2) is 8.83. The van der Waals surface area contributed by atoms with Gasteiger partial charge in [-0.05, 0) is 66.8 Å². The predicted octanol–water partition coefficient (Wildman–Crippen LogP) is 2.05. The van der Waals surface area contributed by atoms with Gasteiger partial charge in [-0.15, -0.1) is 0 Å². The first-order valence-corrected chi connectivity index (χ1v) is 12.7. The molecule has 1 atom stereocenters. The van der Waals surface area contributed by atoms with E-state index in [2.05, 4.69) is 5.32 Å². The molecule has 1 spiro atoms. The van der Waals surface area contributed by atoms with Crippen molar-refractivity contribution in [1.29, 1.82) is 0 Å². The van der Waals surface area contributed by atoms with Crippen LogP contribution in [0.1, 0.15) is 24.0 Å². The maximum Gasteiger partial charge on any atom is 0.335 e. The first-order valence-electron chi connectivity index (χ1n) is 12.7. The van der Waals surface area contributed by atoms with E-state index in [0.717, 1.165) is 34.0 Å². The summed E-state index contributed by atoms with van der Waals surface area (Å²) in [5.74, 6) is -3.60. The minimum atomic E-state index is -1.49. The van der Waals surface area contributed by atoms with E-state index >= 15 is 0 Å². The number of imide groups is 4. The van der Waals surface area contributed by atoms with Crippen molar-refractivity contribution < 1.29 is 33.2 Å². The number of halogens is 1. The predicted molar refractivity (Wildman–Crippen MR) is 139 cm³/mol. The third kappa shape index (κ3) is 3.48. The summed E-state index contributed by atoms with van der Waals surface area (Å²) in [6.07, 6.45) is 2.72. The van der Waals surface area contributed by atoms with Crippen LogP contribution in [0, 0.1) is 11.2 Å². The second-order valence-electron chi connectivity index (χ2n) is 10.3. The van der Waals surface area contributed by atoms with Crippen LogP contribution in [0.4, 0.5) is 25.4 Å². The average molecular weight is 546 g/mol. The number of carbonyl (C=O) groups is 6. The molecule has 4 aliphatic rings. The Kier molecular flexibility index (Phi) is 5.61. The van der Waals surface area contributed by atoms with Crippen molar-refractivity contribution in [3.05, 3.63) is 65.0 Å². The number of hydrogen-bond acceptors (Lipinski definition) is 7. The quantitative estimate of drug-likeness (QED) is 0.348. The van der Waals surface area contributed by atoms with Crippen LogP contribution >= 0.6 is 0 Å². The fraction of sp³-hybridized carbons (Fsp3) is 0.286. The van der Waals surface area contributed by atoms with Gasteiger partial charge < -0.3 is 4.90 Å². The first-order chi connectivity index (χ1) is 19.0. The van der Waals surface area contributed by atoms with Gasteiger partial charge in [-0.25, -0.2) is 18.9 Å². The fourth-order valence-corrected chi connectivity index (χ4v) is 6.30. The molecular formula is C28H24FN5O6. The topological polar surface area (TPSA) is 127 Å². The molecular weight excluding hydrogens is 521 g/mol. The van der Waals surface area contributed by atoms with Gasteiger partial charge in [-0.2, -0.15) is 0 Å². The summed E-state index contributed by atoms with van der Waals surface area (Å²) in [6.45, 7) is 0.618. The molecule has 204 valence electrons. The van der Waals surface area contributed by atoms with Crippen LogP contribution < -0.4 is 15.1 Å². The molecule has 3 fully saturated rings. The molecule has 11 nitrogen and oxygen atoms in total. The lowest BCUT2D eigenvalue weighted by atomic mass is 9.68. The highest BCUT2D eigenvalue weighted by molar-refractivity contribution is 6.39. The Hall–Kier alpha value is -4.87. The van der Waals surface area contributed by atoms with Gasteiger partial charge in [0.1, 0.15) is 11.4 Å². The third-order valence-corrected chi connectivity index (χ3v) is 8.13. The van der Waals surface area contributed by atoms with E-state index in [1.807, 2.05) is 11.0 Å². The molecule has 1 unspecified atom stereocenters. The molecule has 4 heterocycles. The zero-order chi connectivity index (χ0) is 28.5. The molecule has 2 aromatic carbocycles. The summed E-state index contributed by atoms with van der Waals surface area (Å²) in [4.78, 5) is 82.7. The smallest absolute Gasteiger partial charge is 0.335 e. The summed E-state index contributed by atoms with van der Waals surface area (Å²) in [5.41, 5.74) is 0.0210. The van der Waals surface area contributed by atoms with Crippen molar-refractivity contribution >= 4 is 53.1 Å². The summed E-state index contributed by atoms with van der Waals surface area (Å²) in [5, 5.41) is 2.11. The third-order valence-electron chi connectivity index (χ3n) is 8.13. The average Bonchev–Trinajstić information content (AvgIpc) is 3.43. The number of rotatable bonds is 2. The molecule has 0 aliphatic carbocycles. The van der Waals surface area contributed by atoms with Gasteiger partial charge >= 0.3 is 12.1 Å². The van der Waals surface area contributed by atoms with E-state index < -0.39 is 53.0 Å². The summed E-state index contributed by atoms with van der Waals surface area (Å²) in [7, 11) is 2.73. The standard InChI is InChI=1S/C28H24FN5O6/c1-31-24(37)28(25(38)32(2)27(31)40)14-16-11-15(8-9-20(16)33-10-4-7-21(28)33)12-19-22(35)30-26(39)34(23(19)36)18-6-3-5-17(29)13-18/h3,5-6,8-9,11-13,21H,4,7,10,14H2,1-2H3,(H,30,35,39). The zero-order valence-corrected chi connectivity index (χ0v) is 21.6. The highest BCUT2D eigenvalue weighted by Crippen LogP contribution is 2.49. The zero-order valence-electron chi connectivity index (χ0n) is 21.6. The van der Waals surface area contributed by atoms with Crippen molar-refractivity contribution in [2.45, 2.75) is 25.3 Å². The lowest BCUT2D eigenvalue weighted by molar-refractivity contribution is -0.159. The number of urea groups is 2. The molecule has 6 rings (SSSR count). The van der Waals surface area contributed by atoms with Gasteiger partial charge in [0.25, 0.3) is 11.8 Å². The lowest BCUT2D eigenvalue weighted by Crippen LogP contribution is -2.70. The summed E-state index contributed by atoms with van der Waals surface area (Å²) < 4.78 is 13.8. The van der Waals surface area contributed by atoms with Crippen LogP contribution in [-0.2, 0) is 25.6 Å². The van der Waals surface area contributed by atoms with E-state index in [0.29, 0.717) is 29.0 Å². The van der Waals surface area contributed by atoms with Crippen molar-refractivity contribution in [2.75, 3.05) is 30.4 Å². The van der Waals surface area contributed by atoms with Crippen molar-refractivity contribution in [1.82, 2.24) is 15.1 Å². The van der Waals surface area contributed by atoms with E-state index in [4.69, 9.17) is 0 Å². The van der Waals surface area contributed by atoms with Crippen LogP contribution in [0.5, 0.6) is 0 Å². The number of benzene rings is 2. The molecule has 3 saturated heterocycles. The minimum Gasteiger partial charge on any atom is -0.367 e. The number of barbiturate groups is 2. The van der Waals surface area contributed by atoms with E-state index in [1.54, 1.807) is 12.1 Å². The number of carbonyl (C=O) groups excluding carboxylic acids is 6. The molecule has 0 aromatic heterocycles. The highest BCUT2D eigenvalue weighted by atomic mass is 19.1. The number of nitrogens with one attached hydrogen (secondary N) is 1. The SMILES string of the molecule is CN1C(=O)N(C)C(=O)C2(Cc3cc(C=C4C(=O)NC(=O)N(c5cccc(F)c5)C4=O)ccc3N3CCCC32)C1=O. The number of amides is 8. The minimum absolute atomic E-state index is 0.0359. The molecule has 8 amide bonds. The van der Waals surface area contributed by atoms with Crippen LogP contribution in [-0.4, -0.2) is 72.2 Å². The highest BCUT2D eigenvalue weighted by Gasteiger charge is 2.63. The second-order valence-corrected chi connectivity index (χ2v) is 10.3. The molecule has 2 aromatic rings. The van der Waals surface area contributed by atoms with E-state index in [1.165, 1.54) is 32.3 Å². The molecule has 0 saturated carbocycles. The maximum absolute atomic E-state index is 13.8. The molecule has 0 radical (unpaired) electrons. The van der Waals surface area contributed by atoms with Gasteiger partial charge in [-0.3, -0.25) is 34.3 Å². The number of fused-ring (bicyclic) bond motifs is 4. The van der Waals surface area contributed by atoms with Gasteiger partial charge in [0, 0.05) is 26.3 Å². The Morgan fingerprint density at radius 1 is 0.975 bits per heavy atom. The monoisotopic (exact) mass is 545 g/mol. The normalized spacial score (nSPS) is 23.3. The molecule has 12 heteroatoms. The molecule has 40 heavy (non-hydrogen) atoms. The lowest BCUT2D eigenvalue weighted by Gasteiger charge is -2.50. The Balaban J connectivity index is 1.41. The van der Waals surface area contributed by atoms with Crippen molar-refractivity contribution in [3.63, 3.8) is 0 Å².